The second-order valence-electron chi connectivity index (χ2n) is 6.49. The van der Waals surface area contributed by atoms with Gasteiger partial charge in [0.2, 0.25) is 0 Å². The standard InChI is InChI=1S/C15H28N2O/c1-2-6-16-9-12-5-7-17(10-12)11-13-8-14-3-4-15(13)18-14/h12-16H,2-11H2,1H3. The van der Waals surface area contributed by atoms with E-state index < -0.39 is 0 Å². The quantitative estimate of drug-likeness (QED) is 0.731. The number of nitrogens with one attached hydrogen (secondary N) is 1. The van der Waals surface area contributed by atoms with Crippen molar-refractivity contribution in [3.05, 3.63) is 0 Å². The summed E-state index contributed by atoms with van der Waals surface area (Å²) in [5.41, 5.74) is 0. The minimum atomic E-state index is 0.604. The Morgan fingerprint density at radius 3 is 2.94 bits per heavy atom. The first kappa shape index (κ1) is 12.9. The van der Waals surface area contributed by atoms with E-state index in [1.165, 1.54) is 64.8 Å². The van der Waals surface area contributed by atoms with Crippen LogP contribution in [0.3, 0.4) is 0 Å². The Morgan fingerprint density at radius 1 is 1.28 bits per heavy atom. The Bertz CT molecular complexity index is 271. The van der Waals surface area contributed by atoms with E-state index in [2.05, 4.69) is 17.1 Å². The van der Waals surface area contributed by atoms with Crippen LogP contribution in [0.15, 0.2) is 0 Å². The maximum absolute atomic E-state index is 5.96. The van der Waals surface area contributed by atoms with Gasteiger partial charge in [0.05, 0.1) is 12.2 Å². The van der Waals surface area contributed by atoms with Crippen molar-refractivity contribution in [2.45, 2.75) is 51.2 Å². The fourth-order valence-electron chi connectivity index (χ4n) is 4.00. The van der Waals surface area contributed by atoms with Gasteiger partial charge in [-0.1, -0.05) is 6.92 Å². The molecule has 1 N–H and O–H groups in total. The second kappa shape index (κ2) is 5.89. The molecule has 2 bridgehead atoms. The van der Waals surface area contributed by atoms with Crippen LogP contribution >= 0.6 is 0 Å². The predicted octanol–water partition coefficient (Wildman–Crippen LogP) is 1.88. The summed E-state index contributed by atoms with van der Waals surface area (Å²) in [5, 5.41) is 3.57. The van der Waals surface area contributed by atoms with Crippen LogP contribution in [-0.2, 0) is 4.74 Å². The van der Waals surface area contributed by atoms with E-state index in [1.807, 2.05) is 0 Å². The predicted molar refractivity (Wildman–Crippen MR) is 73.7 cm³/mol. The second-order valence-corrected chi connectivity index (χ2v) is 6.49. The summed E-state index contributed by atoms with van der Waals surface area (Å²) < 4.78 is 5.96. The van der Waals surface area contributed by atoms with E-state index in [0.29, 0.717) is 12.2 Å². The van der Waals surface area contributed by atoms with E-state index in [9.17, 15) is 0 Å². The number of nitrogens with zero attached hydrogens (tertiary/aromatic N) is 1. The maximum Gasteiger partial charge on any atom is 0.0621 e. The third kappa shape index (κ3) is 2.89. The average molecular weight is 252 g/mol. The highest BCUT2D eigenvalue weighted by molar-refractivity contribution is 4.92. The number of rotatable bonds is 6. The van der Waals surface area contributed by atoms with E-state index in [-0.39, 0.29) is 0 Å². The fraction of sp³-hybridized carbons (Fsp3) is 1.00. The summed E-state index contributed by atoms with van der Waals surface area (Å²) >= 11 is 0. The van der Waals surface area contributed by atoms with Gasteiger partial charge in [-0.15, -0.1) is 0 Å². The molecule has 3 aliphatic heterocycles. The van der Waals surface area contributed by atoms with Gasteiger partial charge in [-0.05, 0) is 57.7 Å². The van der Waals surface area contributed by atoms with Gasteiger partial charge in [0.1, 0.15) is 0 Å². The van der Waals surface area contributed by atoms with Crippen LogP contribution in [0.1, 0.15) is 39.0 Å². The van der Waals surface area contributed by atoms with Crippen LogP contribution in [0.4, 0.5) is 0 Å². The molecule has 0 saturated carbocycles. The Labute approximate surface area is 111 Å². The minimum Gasteiger partial charge on any atom is -0.375 e. The molecule has 3 heteroatoms. The van der Waals surface area contributed by atoms with Crippen LogP contribution in [0.5, 0.6) is 0 Å². The highest BCUT2D eigenvalue weighted by Crippen LogP contribution is 2.39. The molecule has 3 fully saturated rings. The van der Waals surface area contributed by atoms with Gasteiger partial charge in [0.25, 0.3) is 0 Å². The fourth-order valence-corrected chi connectivity index (χ4v) is 4.00. The van der Waals surface area contributed by atoms with Gasteiger partial charge in [-0.3, -0.25) is 0 Å². The van der Waals surface area contributed by atoms with Crippen LogP contribution < -0.4 is 5.32 Å². The third-order valence-electron chi connectivity index (χ3n) is 4.95. The maximum atomic E-state index is 5.96. The van der Waals surface area contributed by atoms with E-state index >= 15 is 0 Å². The smallest absolute Gasteiger partial charge is 0.0621 e. The number of fused-ring (bicyclic) bond motifs is 2. The molecular weight excluding hydrogens is 224 g/mol. The van der Waals surface area contributed by atoms with E-state index in [0.717, 1.165) is 11.8 Å². The summed E-state index contributed by atoms with van der Waals surface area (Å²) in [5.74, 6) is 1.72. The van der Waals surface area contributed by atoms with Gasteiger partial charge in [-0.2, -0.15) is 0 Å². The first-order valence-electron chi connectivity index (χ1n) is 7.93. The molecule has 0 amide bonds. The molecule has 0 aromatic rings. The molecule has 0 spiro atoms. The molecule has 0 radical (unpaired) electrons. The normalized spacial score (nSPS) is 39.8. The molecule has 4 unspecified atom stereocenters. The average Bonchev–Trinajstić information content (AvgIpc) is 3.06. The van der Waals surface area contributed by atoms with Crippen molar-refractivity contribution < 1.29 is 4.74 Å². The lowest BCUT2D eigenvalue weighted by molar-refractivity contribution is 0.0858. The zero-order valence-corrected chi connectivity index (χ0v) is 11.7. The van der Waals surface area contributed by atoms with Crippen molar-refractivity contribution in [1.29, 1.82) is 0 Å². The molecule has 18 heavy (non-hydrogen) atoms. The lowest BCUT2D eigenvalue weighted by Gasteiger charge is -2.25. The minimum absolute atomic E-state index is 0.604. The van der Waals surface area contributed by atoms with Crippen LogP contribution in [-0.4, -0.2) is 49.8 Å². The van der Waals surface area contributed by atoms with Gasteiger partial charge in [0.15, 0.2) is 0 Å². The molecule has 4 atom stereocenters. The molecule has 3 heterocycles. The van der Waals surface area contributed by atoms with Crippen molar-refractivity contribution in [1.82, 2.24) is 10.2 Å². The van der Waals surface area contributed by atoms with Crippen molar-refractivity contribution in [3.8, 4) is 0 Å². The largest absolute Gasteiger partial charge is 0.375 e. The Balaban J connectivity index is 1.37. The number of ether oxygens (including phenoxy) is 1. The molecular formula is C15H28N2O. The third-order valence-corrected chi connectivity index (χ3v) is 4.95. The van der Waals surface area contributed by atoms with Crippen molar-refractivity contribution >= 4 is 0 Å². The molecule has 104 valence electrons. The number of hydrogen-bond acceptors (Lipinski definition) is 3. The Morgan fingerprint density at radius 2 is 2.22 bits per heavy atom. The SMILES string of the molecule is CCCNCC1CCN(CC2CC3CCC2O3)C1. The topological polar surface area (TPSA) is 24.5 Å². The van der Waals surface area contributed by atoms with E-state index in [4.69, 9.17) is 4.74 Å². The molecule has 3 saturated heterocycles. The lowest BCUT2D eigenvalue weighted by atomic mass is 9.89. The summed E-state index contributed by atoms with van der Waals surface area (Å²) in [7, 11) is 0. The van der Waals surface area contributed by atoms with Crippen LogP contribution in [0.25, 0.3) is 0 Å². The van der Waals surface area contributed by atoms with Crippen molar-refractivity contribution in [2.75, 3.05) is 32.7 Å². The Kier molecular flexibility index (Phi) is 4.22. The lowest BCUT2D eigenvalue weighted by Crippen LogP contribution is -2.33. The summed E-state index contributed by atoms with van der Waals surface area (Å²) in [6.45, 7) is 8.56. The van der Waals surface area contributed by atoms with Gasteiger partial charge >= 0.3 is 0 Å². The molecule has 3 rings (SSSR count). The van der Waals surface area contributed by atoms with Gasteiger partial charge < -0.3 is 15.0 Å². The van der Waals surface area contributed by atoms with Crippen LogP contribution in [0.2, 0.25) is 0 Å². The zero-order valence-electron chi connectivity index (χ0n) is 11.7. The summed E-state index contributed by atoms with van der Waals surface area (Å²) in [4.78, 5) is 2.69. The van der Waals surface area contributed by atoms with Gasteiger partial charge in [0, 0.05) is 19.0 Å². The summed E-state index contributed by atoms with van der Waals surface area (Å²) in [6.07, 6.45) is 7.84. The molecule has 0 aliphatic carbocycles. The van der Waals surface area contributed by atoms with Crippen molar-refractivity contribution in [2.24, 2.45) is 11.8 Å². The zero-order chi connectivity index (χ0) is 12.4. The number of likely N-dealkylation sites (tertiary alicyclic amines) is 1. The highest BCUT2D eigenvalue weighted by Gasteiger charge is 2.41. The molecule has 0 aromatic heterocycles. The van der Waals surface area contributed by atoms with Crippen LogP contribution in [0, 0.1) is 11.8 Å². The molecule has 3 nitrogen and oxygen atoms in total. The molecule has 0 aromatic carbocycles. The Hall–Kier alpha value is -0.120. The number of hydrogen-bond donors (Lipinski definition) is 1. The summed E-state index contributed by atoms with van der Waals surface area (Å²) in [6, 6.07) is 0. The first-order valence-corrected chi connectivity index (χ1v) is 7.93. The van der Waals surface area contributed by atoms with Crippen molar-refractivity contribution in [3.63, 3.8) is 0 Å². The van der Waals surface area contributed by atoms with Gasteiger partial charge in [-0.25, -0.2) is 0 Å². The first-order chi connectivity index (χ1) is 8.85. The monoisotopic (exact) mass is 252 g/mol. The highest BCUT2D eigenvalue weighted by atomic mass is 16.5. The van der Waals surface area contributed by atoms with E-state index in [1.54, 1.807) is 0 Å². The molecule has 3 aliphatic rings.